The number of hydrogen-bond acceptors (Lipinski definition) is 5. The molecule has 3 heterocycles. The number of amides is 1. The molecule has 142 valence electrons. The van der Waals surface area contributed by atoms with Crippen LogP contribution in [0, 0.1) is 13.8 Å². The fourth-order valence-corrected chi connectivity index (χ4v) is 5.81. The van der Waals surface area contributed by atoms with E-state index < -0.39 is 0 Å². The SMILES string of the molecule is CCn1c(SCC(=O)N2[C@@H](C)CCC[C@@H]2C)nc2sc(C)c(C)c2c1=O. The summed E-state index contributed by atoms with van der Waals surface area (Å²) in [5, 5.41) is 1.38. The summed E-state index contributed by atoms with van der Waals surface area (Å²) in [6, 6.07) is 0.580. The Balaban J connectivity index is 1.87. The van der Waals surface area contributed by atoms with E-state index in [1.54, 1.807) is 15.9 Å². The molecule has 0 radical (unpaired) electrons. The summed E-state index contributed by atoms with van der Waals surface area (Å²) in [5.41, 5.74) is 1.03. The molecule has 26 heavy (non-hydrogen) atoms. The highest BCUT2D eigenvalue weighted by Gasteiger charge is 2.29. The van der Waals surface area contributed by atoms with Gasteiger partial charge in [-0.1, -0.05) is 11.8 Å². The molecule has 0 aliphatic carbocycles. The summed E-state index contributed by atoms with van der Waals surface area (Å²) < 4.78 is 1.70. The summed E-state index contributed by atoms with van der Waals surface area (Å²) in [5.74, 6) is 0.473. The van der Waals surface area contributed by atoms with E-state index in [1.807, 2.05) is 25.7 Å². The van der Waals surface area contributed by atoms with Crippen molar-refractivity contribution in [1.29, 1.82) is 0 Å². The first-order valence-corrected chi connectivity index (χ1v) is 11.1. The van der Waals surface area contributed by atoms with Crippen LogP contribution in [0.1, 0.15) is 50.5 Å². The molecule has 0 spiro atoms. The smallest absolute Gasteiger partial charge is 0.263 e. The zero-order valence-corrected chi connectivity index (χ0v) is 17.8. The van der Waals surface area contributed by atoms with Crippen LogP contribution in [-0.2, 0) is 11.3 Å². The number of thiophene rings is 1. The predicted octanol–water partition coefficient (Wildman–Crippen LogP) is 3.98. The number of aromatic nitrogens is 2. The maximum atomic E-state index is 12.9. The molecule has 7 heteroatoms. The molecule has 0 N–H and O–H groups in total. The van der Waals surface area contributed by atoms with Crippen molar-refractivity contribution in [2.24, 2.45) is 0 Å². The molecule has 2 aromatic heterocycles. The number of likely N-dealkylation sites (tertiary alicyclic amines) is 1. The zero-order chi connectivity index (χ0) is 19.0. The van der Waals surface area contributed by atoms with Gasteiger partial charge in [-0.3, -0.25) is 14.2 Å². The molecule has 0 saturated carbocycles. The van der Waals surface area contributed by atoms with E-state index in [4.69, 9.17) is 4.98 Å². The van der Waals surface area contributed by atoms with E-state index in [-0.39, 0.29) is 11.5 Å². The van der Waals surface area contributed by atoms with Gasteiger partial charge in [0.15, 0.2) is 5.16 Å². The molecule has 2 aromatic rings. The number of hydrogen-bond donors (Lipinski definition) is 0. The van der Waals surface area contributed by atoms with Crippen LogP contribution in [-0.4, -0.2) is 38.2 Å². The van der Waals surface area contributed by atoms with Crippen molar-refractivity contribution in [2.45, 2.75) is 77.7 Å². The minimum Gasteiger partial charge on any atom is -0.337 e. The van der Waals surface area contributed by atoms with Crippen molar-refractivity contribution in [2.75, 3.05) is 5.75 Å². The summed E-state index contributed by atoms with van der Waals surface area (Å²) >= 11 is 2.95. The predicted molar refractivity (Wildman–Crippen MR) is 109 cm³/mol. The topological polar surface area (TPSA) is 55.2 Å². The molecule has 0 bridgehead atoms. The van der Waals surface area contributed by atoms with Crippen molar-refractivity contribution < 1.29 is 4.79 Å². The molecule has 0 aromatic carbocycles. The van der Waals surface area contributed by atoms with Gasteiger partial charge >= 0.3 is 0 Å². The number of rotatable bonds is 4. The number of carbonyl (C=O) groups excluding carboxylic acids is 1. The Morgan fingerprint density at radius 3 is 2.54 bits per heavy atom. The molecular weight excluding hydrogens is 366 g/mol. The lowest BCUT2D eigenvalue weighted by atomic mass is 9.98. The fraction of sp³-hybridized carbons (Fsp3) is 0.632. The van der Waals surface area contributed by atoms with Gasteiger partial charge in [-0.25, -0.2) is 4.98 Å². The number of fused-ring (bicyclic) bond motifs is 1. The standard InChI is InChI=1S/C19H27N3O2S2/c1-6-21-18(24)16-13(4)14(5)26-17(16)20-19(21)25-10-15(23)22-11(2)8-7-9-12(22)3/h11-12H,6-10H2,1-5H3/t11-,12-/m0/s1. The maximum Gasteiger partial charge on any atom is 0.263 e. The van der Waals surface area contributed by atoms with E-state index in [9.17, 15) is 9.59 Å². The van der Waals surface area contributed by atoms with E-state index in [2.05, 4.69) is 13.8 Å². The van der Waals surface area contributed by atoms with Crippen molar-refractivity contribution in [1.82, 2.24) is 14.5 Å². The molecule has 1 amide bonds. The van der Waals surface area contributed by atoms with Gasteiger partial charge in [0.05, 0.1) is 11.1 Å². The molecule has 3 rings (SSSR count). The Labute approximate surface area is 162 Å². The van der Waals surface area contributed by atoms with E-state index in [1.165, 1.54) is 18.2 Å². The molecule has 0 unspecified atom stereocenters. The van der Waals surface area contributed by atoms with Crippen LogP contribution in [0.3, 0.4) is 0 Å². The van der Waals surface area contributed by atoms with Crippen molar-refractivity contribution >= 4 is 39.2 Å². The average Bonchev–Trinajstić information content (AvgIpc) is 2.87. The van der Waals surface area contributed by atoms with E-state index >= 15 is 0 Å². The number of nitrogens with zero attached hydrogens (tertiary/aromatic N) is 3. The Hall–Kier alpha value is -1.34. The third-order valence-electron chi connectivity index (χ3n) is 5.38. The molecule has 1 saturated heterocycles. The van der Waals surface area contributed by atoms with Gasteiger partial charge in [0, 0.05) is 23.5 Å². The Morgan fingerprint density at radius 1 is 1.27 bits per heavy atom. The van der Waals surface area contributed by atoms with Crippen molar-refractivity contribution in [3.8, 4) is 0 Å². The molecule has 5 nitrogen and oxygen atoms in total. The monoisotopic (exact) mass is 393 g/mol. The molecule has 1 aliphatic rings. The second-order valence-electron chi connectivity index (χ2n) is 7.13. The number of aryl methyl sites for hydroxylation is 2. The largest absolute Gasteiger partial charge is 0.337 e. The quantitative estimate of drug-likeness (QED) is 0.582. The fourth-order valence-electron chi connectivity index (χ4n) is 3.81. The van der Waals surface area contributed by atoms with Gasteiger partial charge in [-0.05, 0) is 59.4 Å². The maximum absolute atomic E-state index is 12.9. The van der Waals surface area contributed by atoms with Gasteiger partial charge in [-0.2, -0.15) is 0 Å². The van der Waals surface area contributed by atoms with E-state index in [0.29, 0.717) is 29.5 Å². The third kappa shape index (κ3) is 3.43. The number of thioether (sulfide) groups is 1. The molecule has 1 aliphatic heterocycles. The number of carbonyl (C=O) groups is 1. The van der Waals surface area contributed by atoms with Gasteiger partial charge in [-0.15, -0.1) is 11.3 Å². The first kappa shape index (κ1) is 19.4. The third-order valence-corrected chi connectivity index (χ3v) is 7.44. The normalized spacial score (nSPS) is 20.7. The van der Waals surface area contributed by atoms with Crippen LogP contribution in [0.15, 0.2) is 9.95 Å². The minimum atomic E-state index is 0.00834. The summed E-state index contributed by atoms with van der Waals surface area (Å²) in [4.78, 5) is 34.3. The highest BCUT2D eigenvalue weighted by atomic mass is 32.2. The van der Waals surface area contributed by atoms with E-state index in [0.717, 1.165) is 33.5 Å². The number of piperidine rings is 1. The minimum absolute atomic E-state index is 0.00834. The van der Waals surface area contributed by atoms with Gasteiger partial charge in [0.1, 0.15) is 4.83 Å². The van der Waals surface area contributed by atoms with Crippen molar-refractivity contribution in [3.05, 3.63) is 20.8 Å². The van der Waals surface area contributed by atoms with Gasteiger partial charge in [0.25, 0.3) is 5.56 Å². The molecule has 2 atom stereocenters. The zero-order valence-electron chi connectivity index (χ0n) is 16.2. The Kier molecular flexibility index (Phi) is 5.77. The van der Waals surface area contributed by atoms with Crippen LogP contribution in [0.25, 0.3) is 10.2 Å². The summed E-state index contributed by atoms with van der Waals surface area (Å²) in [6.07, 6.45) is 3.32. The Bertz CT molecular complexity index is 877. The average molecular weight is 394 g/mol. The highest BCUT2D eigenvalue weighted by Crippen LogP contribution is 2.29. The van der Waals surface area contributed by atoms with Crippen LogP contribution in [0.5, 0.6) is 0 Å². The Morgan fingerprint density at radius 2 is 1.92 bits per heavy atom. The van der Waals surface area contributed by atoms with Crippen molar-refractivity contribution in [3.63, 3.8) is 0 Å². The molecule has 1 fully saturated rings. The lowest BCUT2D eigenvalue weighted by Crippen LogP contribution is -2.48. The second kappa shape index (κ2) is 7.72. The van der Waals surface area contributed by atoms with Gasteiger partial charge in [0.2, 0.25) is 5.91 Å². The molecular formula is C19H27N3O2S2. The summed E-state index contributed by atoms with van der Waals surface area (Å²) in [7, 11) is 0. The first-order valence-electron chi connectivity index (χ1n) is 9.29. The van der Waals surface area contributed by atoms with Crippen LogP contribution < -0.4 is 5.56 Å². The van der Waals surface area contributed by atoms with Gasteiger partial charge < -0.3 is 4.90 Å². The second-order valence-corrected chi connectivity index (χ2v) is 9.27. The first-order chi connectivity index (χ1) is 12.3. The van der Waals surface area contributed by atoms with Crippen LogP contribution >= 0.6 is 23.1 Å². The highest BCUT2D eigenvalue weighted by molar-refractivity contribution is 7.99. The van der Waals surface area contributed by atoms with Crippen LogP contribution in [0.4, 0.5) is 0 Å². The lowest BCUT2D eigenvalue weighted by Gasteiger charge is -2.39. The lowest BCUT2D eigenvalue weighted by molar-refractivity contribution is -0.134. The van der Waals surface area contributed by atoms with Crippen LogP contribution in [0.2, 0.25) is 0 Å². The summed E-state index contributed by atoms with van der Waals surface area (Å²) in [6.45, 7) is 10.8.